The minimum Gasteiger partial charge on any atom is -0.481 e. The van der Waals surface area contributed by atoms with E-state index in [1.54, 1.807) is 19.1 Å². The van der Waals surface area contributed by atoms with Crippen LogP contribution in [0.3, 0.4) is 0 Å². The van der Waals surface area contributed by atoms with Crippen LogP contribution in [0.15, 0.2) is 25.3 Å². The van der Waals surface area contributed by atoms with Crippen LogP contribution < -0.4 is 0 Å². The van der Waals surface area contributed by atoms with Crippen molar-refractivity contribution in [3.05, 3.63) is 25.3 Å². The molecule has 0 atom stereocenters. The van der Waals surface area contributed by atoms with Crippen molar-refractivity contribution in [1.29, 1.82) is 0 Å². The first-order valence-corrected chi connectivity index (χ1v) is 6.30. The molecule has 0 fully saturated rings. The molecule has 0 aromatic heterocycles. The number of hydrogen-bond donors (Lipinski definition) is 6. The second kappa shape index (κ2) is 42.8. The van der Waals surface area contributed by atoms with E-state index in [4.69, 9.17) is 30.6 Å². The monoisotopic (exact) mass is 312 g/mol. The Kier molecular flexibility index (Phi) is 65.0. The van der Waals surface area contributed by atoms with Crippen LogP contribution in [0.2, 0.25) is 0 Å². The van der Waals surface area contributed by atoms with E-state index in [1.807, 2.05) is 13.8 Å². The molecule has 0 aliphatic carbocycles. The molecule has 0 aromatic carbocycles. The minimum atomic E-state index is -0.954. The van der Waals surface area contributed by atoms with E-state index < -0.39 is 12.1 Å². The van der Waals surface area contributed by atoms with E-state index in [1.165, 1.54) is 0 Å². The average Bonchev–Trinajstić information content (AvgIpc) is 2.48. The maximum atomic E-state index is 9.37. The predicted molar refractivity (Wildman–Crippen MR) is 84.0 cm³/mol. The molecule has 0 rings (SSSR count). The highest BCUT2D eigenvalue weighted by atomic mass is 16.4. The molecule has 0 spiro atoms. The number of aliphatic hydroxyl groups is 5. The van der Waals surface area contributed by atoms with Gasteiger partial charge >= 0.3 is 5.97 Å². The molecule has 6 N–H and O–H groups in total. The van der Waals surface area contributed by atoms with Gasteiger partial charge in [-0.25, -0.2) is 0 Å². The lowest BCUT2D eigenvalue weighted by Crippen LogP contribution is -2.15. The number of aliphatic carboxylic acids is 1. The van der Waals surface area contributed by atoms with Crippen LogP contribution in [0.1, 0.15) is 27.2 Å². The topological polar surface area (TPSA) is 138 Å². The maximum absolute atomic E-state index is 9.37. The standard InChI is InChI=1S/C3H8O3.C3H6O2.2C3H6.C2H6O2/c4-1-3(6)2-5;1-2-3(4)5;2*1-3-2;3-1-2-4/h3-6H,1-2H2;2H2,1H3,(H,4,5);2*3H,1H2,2H3;3-4H,1-2H2. The average molecular weight is 312 g/mol. The number of rotatable bonds is 4. The molecule has 130 valence electrons. The van der Waals surface area contributed by atoms with Crippen LogP contribution in [0.5, 0.6) is 0 Å². The van der Waals surface area contributed by atoms with Crippen LogP contribution >= 0.6 is 0 Å². The Morgan fingerprint density at radius 3 is 1.19 bits per heavy atom. The van der Waals surface area contributed by atoms with E-state index in [9.17, 15) is 4.79 Å². The molecule has 0 saturated heterocycles. The summed E-state index contributed by atoms with van der Waals surface area (Å²) < 4.78 is 0. The van der Waals surface area contributed by atoms with Gasteiger partial charge in [-0.2, -0.15) is 0 Å². The molecule has 7 heteroatoms. The van der Waals surface area contributed by atoms with Crippen molar-refractivity contribution in [2.24, 2.45) is 0 Å². The van der Waals surface area contributed by atoms with Gasteiger partial charge in [-0.1, -0.05) is 19.1 Å². The predicted octanol–water partition coefficient (Wildman–Crippen LogP) is 0.169. The van der Waals surface area contributed by atoms with E-state index in [2.05, 4.69) is 13.2 Å². The van der Waals surface area contributed by atoms with Crippen LogP contribution in [0, 0.1) is 0 Å². The maximum Gasteiger partial charge on any atom is 0.303 e. The number of allylic oxidation sites excluding steroid dienone is 2. The molecule has 0 heterocycles. The van der Waals surface area contributed by atoms with Gasteiger partial charge in [0.05, 0.1) is 26.4 Å². The van der Waals surface area contributed by atoms with E-state index in [0.29, 0.717) is 0 Å². The van der Waals surface area contributed by atoms with Gasteiger partial charge in [0.25, 0.3) is 0 Å². The first-order valence-electron chi connectivity index (χ1n) is 6.30. The molecule has 0 aliphatic heterocycles. The van der Waals surface area contributed by atoms with Gasteiger partial charge in [-0.05, 0) is 13.8 Å². The zero-order valence-corrected chi connectivity index (χ0v) is 13.3. The van der Waals surface area contributed by atoms with Crippen molar-refractivity contribution in [2.45, 2.75) is 33.3 Å². The molecule has 0 aromatic rings. The Bertz CT molecular complexity index is 172. The Morgan fingerprint density at radius 1 is 1.00 bits per heavy atom. The van der Waals surface area contributed by atoms with Crippen molar-refractivity contribution in [3.8, 4) is 0 Å². The molecular formula is C14H32O7. The van der Waals surface area contributed by atoms with Gasteiger partial charge in [0.15, 0.2) is 0 Å². The number of carboxylic acids is 1. The summed E-state index contributed by atoms with van der Waals surface area (Å²) in [5.74, 6) is -0.745. The Morgan fingerprint density at radius 2 is 1.19 bits per heavy atom. The highest BCUT2D eigenvalue weighted by molar-refractivity contribution is 5.66. The Labute approximate surface area is 127 Å². The Balaban J connectivity index is -0.0000000524. The molecule has 0 bridgehead atoms. The molecular weight excluding hydrogens is 280 g/mol. The highest BCUT2D eigenvalue weighted by Gasteiger charge is 1.93. The van der Waals surface area contributed by atoms with Crippen LogP contribution in [0.25, 0.3) is 0 Å². The lowest BCUT2D eigenvalue weighted by molar-refractivity contribution is -0.136. The lowest BCUT2D eigenvalue weighted by Gasteiger charge is -1.96. The van der Waals surface area contributed by atoms with E-state index in [0.717, 1.165) is 0 Å². The smallest absolute Gasteiger partial charge is 0.303 e. The largest absolute Gasteiger partial charge is 0.481 e. The third-order valence-corrected chi connectivity index (χ3v) is 0.824. The molecule has 0 aliphatic rings. The normalized spacial score (nSPS) is 7.29. The minimum absolute atomic E-state index is 0.125. The fraction of sp³-hybridized carbons (Fsp3) is 0.643. The molecule has 0 amide bonds. The number of aliphatic hydroxyl groups excluding tert-OH is 5. The summed E-state index contributed by atoms with van der Waals surface area (Å²) in [6, 6.07) is 0. The van der Waals surface area contributed by atoms with E-state index in [-0.39, 0.29) is 32.8 Å². The first-order chi connectivity index (χ1) is 9.82. The zero-order valence-electron chi connectivity index (χ0n) is 13.3. The quantitative estimate of drug-likeness (QED) is 0.407. The SMILES string of the molecule is C=CC.C=CC.CCC(=O)O.OCC(O)CO.OCCO. The Hall–Kier alpha value is -1.25. The van der Waals surface area contributed by atoms with Gasteiger partial charge in [0, 0.05) is 6.42 Å². The summed E-state index contributed by atoms with van der Waals surface area (Å²) in [5.41, 5.74) is 0. The zero-order chi connectivity index (χ0) is 18.1. The fourth-order valence-electron chi connectivity index (χ4n) is 0.0577. The van der Waals surface area contributed by atoms with Gasteiger partial charge in [-0.3, -0.25) is 4.79 Å². The fourth-order valence-corrected chi connectivity index (χ4v) is 0.0577. The third-order valence-electron chi connectivity index (χ3n) is 0.824. The van der Waals surface area contributed by atoms with Crippen molar-refractivity contribution in [2.75, 3.05) is 26.4 Å². The molecule has 0 saturated carbocycles. The third kappa shape index (κ3) is 159. The summed E-state index contributed by atoms with van der Waals surface area (Å²) in [5, 5.41) is 47.0. The van der Waals surface area contributed by atoms with Crippen molar-refractivity contribution >= 4 is 5.97 Å². The lowest BCUT2D eigenvalue weighted by atomic mass is 10.4. The highest BCUT2D eigenvalue weighted by Crippen LogP contribution is 1.71. The van der Waals surface area contributed by atoms with Crippen molar-refractivity contribution in [1.82, 2.24) is 0 Å². The van der Waals surface area contributed by atoms with Crippen molar-refractivity contribution < 1.29 is 35.4 Å². The molecule has 0 radical (unpaired) electrons. The van der Waals surface area contributed by atoms with Crippen LogP contribution in [-0.4, -0.2) is 69.1 Å². The summed E-state index contributed by atoms with van der Waals surface area (Å²) in [6.07, 6.45) is 2.77. The van der Waals surface area contributed by atoms with Crippen LogP contribution in [0.4, 0.5) is 0 Å². The van der Waals surface area contributed by atoms with Gasteiger partial charge < -0.3 is 30.6 Å². The first kappa shape index (κ1) is 31.9. The number of hydrogen-bond acceptors (Lipinski definition) is 6. The van der Waals surface area contributed by atoms with Gasteiger partial charge in [0.1, 0.15) is 6.10 Å². The number of carboxylic acid groups (broad SMARTS) is 1. The van der Waals surface area contributed by atoms with Gasteiger partial charge in [-0.15, -0.1) is 13.2 Å². The van der Waals surface area contributed by atoms with Crippen LogP contribution in [-0.2, 0) is 4.79 Å². The molecule has 0 unspecified atom stereocenters. The number of carbonyl (C=O) groups is 1. The van der Waals surface area contributed by atoms with Gasteiger partial charge in [0.2, 0.25) is 0 Å². The molecule has 7 nitrogen and oxygen atoms in total. The van der Waals surface area contributed by atoms with Crippen molar-refractivity contribution in [3.63, 3.8) is 0 Å². The second-order valence-electron chi connectivity index (χ2n) is 3.03. The summed E-state index contributed by atoms with van der Waals surface area (Å²) >= 11 is 0. The van der Waals surface area contributed by atoms with E-state index >= 15 is 0 Å². The summed E-state index contributed by atoms with van der Waals surface area (Å²) in [7, 11) is 0. The summed E-state index contributed by atoms with van der Waals surface area (Å²) in [4.78, 5) is 9.37. The summed E-state index contributed by atoms with van der Waals surface area (Å²) in [6.45, 7) is 11.1. The molecule has 21 heavy (non-hydrogen) atoms. The second-order valence-corrected chi connectivity index (χ2v) is 3.03.